The molecule has 2 aliphatic rings. The summed E-state index contributed by atoms with van der Waals surface area (Å²) >= 11 is 0. The van der Waals surface area contributed by atoms with Crippen molar-refractivity contribution in [2.24, 2.45) is 5.92 Å². The number of carbonyl (C=O) groups is 2. The maximum atomic E-state index is 12.8. The number of piperazine rings is 1. The minimum Gasteiger partial charge on any atom is -0.497 e. The van der Waals surface area contributed by atoms with Crippen molar-refractivity contribution >= 4 is 11.8 Å². The maximum absolute atomic E-state index is 12.8. The second-order valence-electron chi connectivity index (χ2n) is 6.70. The highest BCUT2D eigenvalue weighted by Gasteiger charge is 2.29. The summed E-state index contributed by atoms with van der Waals surface area (Å²) in [6, 6.07) is 5.18. The number of nitrogens with zero attached hydrogens (tertiary/aromatic N) is 2. The number of benzene rings is 1. The van der Waals surface area contributed by atoms with E-state index >= 15 is 0 Å². The van der Waals surface area contributed by atoms with Gasteiger partial charge in [-0.25, -0.2) is 0 Å². The largest absolute Gasteiger partial charge is 0.497 e. The van der Waals surface area contributed by atoms with Gasteiger partial charge in [0, 0.05) is 43.7 Å². The molecule has 0 radical (unpaired) electrons. The number of hydrogen-bond donors (Lipinski definition) is 0. The van der Waals surface area contributed by atoms with Gasteiger partial charge < -0.3 is 19.3 Å². The Bertz CT molecular complexity index is 671. The zero-order chi connectivity index (χ0) is 18.5. The number of rotatable bonds is 4. The molecule has 1 fully saturated rings. The molecule has 1 aliphatic carbocycles. The lowest BCUT2D eigenvalue weighted by molar-refractivity contribution is -0.137. The molecule has 1 unspecified atom stereocenters. The minimum absolute atomic E-state index is 0.0603. The second-order valence-corrected chi connectivity index (χ2v) is 6.70. The Balaban J connectivity index is 1.61. The number of carbonyl (C=O) groups excluding carboxylic acids is 2. The van der Waals surface area contributed by atoms with Gasteiger partial charge in [-0.15, -0.1) is 0 Å². The fraction of sp³-hybridized carbons (Fsp3) is 0.500. The third kappa shape index (κ3) is 4.00. The molecule has 2 amide bonds. The first-order valence-corrected chi connectivity index (χ1v) is 9.08. The zero-order valence-electron chi connectivity index (χ0n) is 15.4. The Kier molecular flexibility index (Phi) is 5.81. The van der Waals surface area contributed by atoms with Gasteiger partial charge in [0.15, 0.2) is 0 Å². The van der Waals surface area contributed by atoms with Gasteiger partial charge in [0.1, 0.15) is 11.5 Å². The van der Waals surface area contributed by atoms with E-state index < -0.39 is 0 Å². The van der Waals surface area contributed by atoms with Crippen LogP contribution in [0, 0.1) is 5.92 Å². The lowest BCUT2D eigenvalue weighted by Gasteiger charge is -2.36. The highest BCUT2D eigenvalue weighted by atomic mass is 16.5. The van der Waals surface area contributed by atoms with Crippen LogP contribution in [0.25, 0.3) is 0 Å². The molecule has 140 valence electrons. The molecule has 1 aliphatic heterocycles. The monoisotopic (exact) mass is 358 g/mol. The van der Waals surface area contributed by atoms with E-state index in [9.17, 15) is 9.59 Å². The highest BCUT2D eigenvalue weighted by molar-refractivity contribution is 5.95. The Labute approximate surface area is 154 Å². The lowest BCUT2D eigenvalue weighted by Crippen LogP contribution is -2.52. The van der Waals surface area contributed by atoms with E-state index in [0.717, 1.165) is 19.3 Å². The fourth-order valence-electron chi connectivity index (χ4n) is 3.52. The summed E-state index contributed by atoms with van der Waals surface area (Å²) in [4.78, 5) is 29.1. The number of amides is 2. The molecule has 1 aromatic rings. The van der Waals surface area contributed by atoms with E-state index in [1.165, 1.54) is 0 Å². The van der Waals surface area contributed by atoms with Crippen molar-refractivity contribution < 1.29 is 19.1 Å². The zero-order valence-corrected chi connectivity index (χ0v) is 15.4. The van der Waals surface area contributed by atoms with Crippen molar-refractivity contribution in [3.63, 3.8) is 0 Å². The summed E-state index contributed by atoms with van der Waals surface area (Å²) in [7, 11) is 3.13. The topological polar surface area (TPSA) is 59.1 Å². The molecular formula is C20H26N2O4. The van der Waals surface area contributed by atoms with E-state index in [1.54, 1.807) is 37.3 Å². The lowest BCUT2D eigenvalue weighted by atomic mass is 9.93. The SMILES string of the molecule is COc1cc(OC)cc(C(=O)N2CCN(C(=O)C3CC=CCC3)CC2)c1. The van der Waals surface area contributed by atoms with Crippen LogP contribution < -0.4 is 9.47 Å². The summed E-state index contributed by atoms with van der Waals surface area (Å²) in [5.74, 6) is 1.45. The van der Waals surface area contributed by atoms with Crippen LogP contribution in [0.2, 0.25) is 0 Å². The molecule has 0 spiro atoms. The standard InChI is InChI=1S/C20H26N2O4/c1-25-17-12-16(13-18(14-17)26-2)20(24)22-10-8-21(9-11-22)19(23)15-6-4-3-5-7-15/h3-4,12-15H,5-11H2,1-2H3. The molecule has 6 heteroatoms. The van der Waals surface area contributed by atoms with E-state index in [4.69, 9.17) is 9.47 Å². The predicted octanol–water partition coefficient (Wildman–Crippen LogP) is 2.34. The van der Waals surface area contributed by atoms with Gasteiger partial charge in [0.05, 0.1) is 14.2 Å². The van der Waals surface area contributed by atoms with Crippen molar-refractivity contribution in [1.29, 1.82) is 0 Å². The molecule has 0 N–H and O–H groups in total. The predicted molar refractivity (Wildman–Crippen MR) is 98.5 cm³/mol. The van der Waals surface area contributed by atoms with Gasteiger partial charge >= 0.3 is 0 Å². The first kappa shape index (κ1) is 18.3. The second kappa shape index (κ2) is 8.25. The molecule has 6 nitrogen and oxygen atoms in total. The molecule has 0 aromatic heterocycles. The third-order valence-corrected chi connectivity index (χ3v) is 5.10. The number of ether oxygens (including phenoxy) is 2. The van der Waals surface area contributed by atoms with Gasteiger partial charge in [0.25, 0.3) is 5.91 Å². The minimum atomic E-state index is -0.0603. The average molecular weight is 358 g/mol. The fourth-order valence-corrected chi connectivity index (χ4v) is 3.52. The van der Waals surface area contributed by atoms with Crippen LogP contribution in [0.3, 0.4) is 0 Å². The van der Waals surface area contributed by atoms with Crippen LogP contribution in [-0.4, -0.2) is 62.0 Å². The Hall–Kier alpha value is -2.50. The normalized spacial score (nSPS) is 20.0. The van der Waals surface area contributed by atoms with Crippen LogP contribution in [0.4, 0.5) is 0 Å². The van der Waals surface area contributed by atoms with Crippen LogP contribution >= 0.6 is 0 Å². The summed E-state index contributed by atoms with van der Waals surface area (Å²) in [6.07, 6.45) is 6.98. The quantitative estimate of drug-likeness (QED) is 0.775. The number of allylic oxidation sites excluding steroid dienone is 2. The van der Waals surface area contributed by atoms with E-state index in [0.29, 0.717) is 43.2 Å². The molecule has 0 saturated carbocycles. The summed E-state index contributed by atoms with van der Waals surface area (Å²) < 4.78 is 10.5. The van der Waals surface area contributed by atoms with Crippen LogP contribution in [0.1, 0.15) is 29.6 Å². The molecule has 26 heavy (non-hydrogen) atoms. The molecule has 1 heterocycles. The van der Waals surface area contributed by atoms with Crippen LogP contribution in [0.5, 0.6) is 11.5 Å². The summed E-state index contributed by atoms with van der Waals surface area (Å²) in [5, 5.41) is 0. The van der Waals surface area contributed by atoms with E-state index in [1.807, 2.05) is 4.90 Å². The first-order valence-electron chi connectivity index (χ1n) is 9.08. The molecule has 1 saturated heterocycles. The molecule has 1 aromatic carbocycles. The number of hydrogen-bond acceptors (Lipinski definition) is 4. The molecular weight excluding hydrogens is 332 g/mol. The molecule has 1 atom stereocenters. The Morgan fingerprint density at radius 2 is 1.54 bits per heavy atom. The third-order valence-electron chi connectivity index (χ3n) is 5.10. The van der Waals surface area contributed by atoms with Crippen molar-refractivity contribution in [1.82, 2.24) is 9.80 Å². The first-order chi connectivity index (χ1) is 12.6. The van der Waals surface area contributed by atoms with Crippen molar-refractivity contribution in [3.8, 4) is 11.5 Å². The molecule has 0 bridgehead atoms. The Morgan fingerprint density at radius 3 is 2.08 bits per heavy atom. The smallest absolute Gasteiger partial charge is 0.254 e. The van der Waals surface area contributed by atoms with Crippen molar-refractivity contribution in [2.75, 3.05) is 40.4 Å². The van der Waals surface area contributed by atoms with Gasteiger partial charge in [-0.2, -0.15) is 0 Å². The van der Waals surface area contributed by atoms with Gasteiger partial charge in [-0.1, -0.05) is 12.2 Å². The van der Waals surface area contributed by atoms with E-state index in [2.05, 4.69) is 12.2 Å². The van der Waals surface area contributed by atoms with Crippen LogP contribution in [0.15, 0.2) is 30.4 Å². The average Bonchev–Trinajstić information content (AvgIpc) is 2.73. The van der Waals surface area contributed by atoms with Crippen LogP contribution in [-0.2, 0) is 4.79 Å². The summed E-state index contributed by atoms with van der Waals surface area (Å²) in [5.41, 5.74) is 0.540. The van der Waals surface area contributed by atoms with Crippen molar-refractivity contribution in [2.45, 2.75) is 19.3 Å². The van der Waals surface area contributed by atoms with Gasteiger partial charge in [-0.3, -0.25) is 9.59 Å². The maximum Gasteiger partial charge on any atom is 0.254 e. The van der Waals surface area contributed by atoms with E-state index in [-0.39, 0.29) is 17.7 Å². The summed E-state index contributed by atoms with van der Waals surface area (Å²) in [6.45, 7) is 2.27. The number of methoxy groups -OCH3 is 2. The highest BCUT2D eigenvalue weighted by Crippen LogP contribution is 2.25. The Morgan fingerprint density at radius 1 is 0.923 bits per heavy atom. The van der Waals surface area contributed by atoms with Gasteiger partial charge in [-0.05, 0) is 31.4 Å². The van der Waals surface area contributed by atoms with Crippen molar-refractivity contribution in [3.05, 3.63) is 35.9 Å². The van der Waals surface area contributed by atoms with Gasteiger partial charge in [0.2, 0.25) is 5.91 Å². The molecule has 3 rings (SSSR count).